The van der Waals surface area contributed by atoms with Crippen LogP contribution in [-0.4, -0.2) is 272 Å². The number of nitrogens with two attached hydrogens (primary N) is 6. The van der Waals surface area contributed by atoms with Crippen LogP contribution in [0.4, 0.5) is 0 Å². The zero-order valence-electron chi connectivity index (χ0n) is 71.0. The van der Waals surface area contributed by atoms with Crippen molar-refractivity contribution in [3.8, 4) is 5.75 Å². The molecule has 17 atom stereocenters. The minimum Gasteiger partial charge on any atom is -0.508 e. The van der Waals surface area contributed by atoms with Crippen molar-refractivity contribution in [3.05, 3.63) is 65.7 Å². The maximum absolute atomic E-state index is 14.9. The Balaban J connectivity index is 1.94. The molecule has 2 aromatic rings. The van der Waals surface area contributed by atoms with E-state index in [1.54, 1.807) is 65.0 Å². The van der Waals surface area contributed by atoms with Crippen LogP contribution in [0.2, 0.25) is 0 Å². The molecule has 1 aliphatic rings. The molecule has 0 bridgehead atoms. The van der Waals surface area contributed by atoms with Gasteiger partial charge >= 0.3 is 5.97 Å². The Kier molecular flexibility index (Phi) is 45.8. The molecule has 0 unspecified atom stereocenters. The van der Waals surface area contributed by atoms with Crippen LogP contribution in [0, 0.1) is 23.2 Å². The molecule has 32 N–H and O–H groups in total. The molecule has 1 aliphatic heterocycles. The lowest BCUT2D eigenvalue weighted by Gasteiger charge is -2.31. The fraction of sp³-hybridized carbons (Fsp3) is 0.608. The summed E-state index contributed by atoms with van der Waals surface area (Å²) < 4.78 is 0. The number of aliphatic carboxylic acids is 1. The fourth-order valence-corrected chi connectivity index (χ4v) is 12.9. The summed E-state index contributed by atoms with van der Waals surface area (Å²) in [7, 11) is 0. The number of hydrogen-bond donors (Lipinski definition) is 26. The summed E-state index contributed by atoms with van der Waals surface area (Å²) in [6, 6.07) is -9.77. The monoisotopic (exact) mass is 1750 g/mol. The Bertz CT molecular complexity index is 3990. The van der Waals surface area contributed by atoms with Crippen LogP contribution in [0.1, 0.15) is 156 Å². The van der Waals surface area contributed by atoms with E-state index in [-0.39, 0.29) is 121 Å². The minimum atomic E-state index is -1.88. The molecule has 1 saturated heterocycles. The first-order chi connectivity index (χ1) is 58.4. The first-order valence-corrected chi connectivity index (χ1v) is 40.9. The largest absolute Gasteiger partial charge is 0.508 e. The smallest absolute Gasteiger partial charge is 0.328 e. The van der Waals surface area contributed by atoms with Crippen molar-refractivity contribution in [1.29, 1.82) is 5.41 Å². The molecule has 0 spiro atoms. The highest BCUT2D eigenvalue weighted by Crippen LogP contribution is 2.22. The summed E-state index contributed by atoms with van der Waals surface area (Å²) in [6.45, 7) is 9.97. The number of aliphatic hydroxyl groups excluding tert-OH is 3. The molecular formula is C79H126N22O23. The molecule has 0 aliphatic carbocycles. The number of aliphatic hydroxyl groups is 3. The van der Waals surface area contributed by atoms with Gasteiger partial charge in [0.05, 0.1) is 31.8 Å². The van der Waals surface area contributed by atoms with E-state index in [1.807, 2.05) is 5.32 Å². The van der Waals surface area contributed by atoms with Crippen molar-refractivity contribution >= 4 is 112 Å². The van der Waals surface area contributed by atoms with Crippen molar-refractivity contribution in [2.45, 2.75) is 255 Å². The Labute approximate surface area is 717 Å². The molecule has 0 aromatic heterocycles. The van der Waals surface area contributed by atoms with Crippen LogP contribution < -0.4 is 109 Å². The standard InChI is InChI=1S/C79H126N22O23/c1-9-41(6)62(75(120)96-55(37-102)72(117)93-54(36-60(84)108)69(114)97-56(38-103)78(123)124)99-70(115)51(33-39(2)3)95-76(121)63(43(8)104)100-64(109)42(7)88-68(113)52(35-45-22-24-46(105)25-23-45)92-67(112)48(19-13-14-30-80)90-74(119)61(40(4)5)98-71(116)53(34-44-17-11-10-12-18-44)94-73(118)57-21-16-32-101(57)77(122)50(27-29-59(83)107)91-66(111)49(20-15-31-87-79(85)86)89-65(110)47(81)26-28-58(82)106/h10-12,17-18,22-25,39-43,47-57,61-63,102-105H,9,13-16,19-21,26-38,80-81H2,1-8H3,(H2,82,106)(H2,83,107)(H2,84,108)(H,88,113)(H,89,110)(H,90,119)(H,91,111)(H,92,112)(H,93,117)(H,94,118)(H,95,121)(H,96,120)(H,97,114)(H,98,116)(H,99,115)(H,100,109)(H,123,124)(H4,85,86,87)/t41-,42-,43+,47-,48-,49-,50-,51-,52-,53-,54-,55-,56-,57-,61-,62-,63-/m0/s1. The first kappa shape index (κ1) is 106. The first-order valence-electron chi connectivity index (χ1n) is 40.9. The summed E-state index contributed by atoms with van der Waals surface area (Å²) in [5, 5.41) is 92.3. The Morgan fingerprint density at radius 3 is 1.48 bits per heavy atom. The number of carbonyl (C=O) groups is 18. The van der Waals surface area contributed by atoms with Crippen molar-refractivity contribution in [2.75, 3.05) is 32.8 Å². The van der Waals surface area contributed by atoms with Crippen molar-refractivity contribution in [3.63, 3.8) is 0 Å². The number of likely N-dealkylation sites (tertiary alicyclic amines) is 1. The predicted octanol–water partition coefficient (Wildman–Crippen LogP) is -8.19. The fourth-order valence-electron chi connectivity index (χ4n) is 12.9. The normalized spacial score (nSPS) is 16.3. The van der Waals surface area contributed by atoms with Gasteiger partial charge in [0.2, 0.25) is 100 Å². The SMILES string of the molecule is CC[C@H](C)[C@H](NC(=O)[C@H](CC(C)C)NC(=O)[C@@H](NC(=O)[C@H](C)NC(=O)[C@H](Cc1ccc(O)cc1)NC(=O)[C@H](CCCCN)NC(=O)[C@@H](NC(=O)[C@H](Cc1ccccc1)NC(=O)[C@@H]1CCCN1C(=O)[C@H](CCC(N)=O)NC(=O)[C@H](CCCNC(=N)N)NC(=O)[C@@H](N)CCC(N)=O)C(C)C)[C@@H](C)O)C(=O)N[C@@H](CO)C(=O)N[C@@H](CC(N)=O)C(=O)N[C@@H](CO)C(=O)O. The molecule has 124 heavy (non-hydrogen) atoms. The third-order valence-electron chi connectivity index (χ3n) is 20.1. The maximum Gasteiger partial charge on any atom is 0.328 e. The maximum atomic E-state index is 14.9. The molecule has 690 valence electrons. The molecule has 0 radical (unpaired) electrons. The van der Waals surface area contributed by atoms with E-state index in [0.29, 0.717) is 17.5 Å². The number of carboxylic acids is 1. The summed E-state index contributed by atoms with van der Waals surface area (Å²) in [4.78, 5) is 247. The number of aromatic hydroxyl groups is 1. The van der Waals surface area contributed by atoms with Gasteiger partial charge in [-0.25, -0.2) is 4.79 Å². The van der Waals surface area contributed by atoms with Gasteiger partial charge in [0.15, 0.2) is 5.96 Å². The third kappa shape index (κ3) is 36.8. The number of benzene rings is 2. The number of primary amides is 3. The minimum absolute atomic E-state index is 0.0417. The topological polar surface area (TPSA) is 760 Å². The van der Waals surface area contributed by atoms with Crippen molar-refractivity contribution in [2.24, 2.45) is 52.2 Å². The molecular weight excluding hydrogens is 1620 g/mol. The predicted molar refractivity (Wildman–Crippen MR) is 445 cm³/mol. The molecule has 17 amide bonds. The zero-order valence-corrected chi connectivity index (χ0v) is 71.0. The number of rotatable bonds is 56. The number of carboxylic acid groups (broad SMARTS) is 1. The van der Waals surface area contributed by atoms with Crippen molar-refractivity contribution < 1.29 is 112 Å². The number of nitrogens with zero attached hydrogens (tertiary/aromatic N) is 1. The van der Waals surface area contributed by atoms with Gasteiger partial charge in [-0.05, 0) is 126 Å². The van der Waals surface area contributed by atoms with E-state index in [1.165, 1.54) is 38.1 Å². The van der Waals surface area contributed by atoms with Gasteiger partial charge < -0.3 is 139 Å². The van der Waals surface area contributed by atoms with Crippen LogP contribution in [0.5, 0.6) is 5.75 Å². The number of guanidine groups is 1. The van der Waals surface area contributed by atoms with Gasteiger partial charge in [-0.2, -0.15) is 0 Å². The number of nitrogens with one attached hydrogen (secondary N) is 15. The number of amides is 17. The second kappa shape index (κ2) is 53.6. The highest BCUT2D eigenvalue weighted by molar-refractivity contribution is 6.01. The molecule has 1 fully saturated rings. The van der Waals surface area contributed by atoms with Gasteiger partial charge in [0, 0.05) is 38.8 Å². The number of carbonyl (C=O) groups excluding carboxylic acids is 17. The Morgan fingerprint density at radius 2 is 0.944 bits per heavy atom. The Hall–Kier alpha value is -12.2. The lowest BCUT2D eigenvalue weighted by Crippen LogP contribution is -2.63. The molecule has 1 heterocycles. The average molecular weight is 1750 g/mol. The van der Waals surface area contributed by atoms with Gasteiger partial charge in [-0.3, -0.25) is 86.9 Å². The quantitative estimate of drug-likeness (QED) is 0.0166. The van der Waals surface area contributed by atoms with Crippen LogP contribution in [0.3, 0.4) is 0 Å². The van der Waals surface area contributed by atoms with E-state index in [4.69, 9.17) is 39.8 Å². The highest BCUT2D eigenvalue weighted by atomic mass is 16.4. The second-order valence-corrected chi connectivity index (χ2v) is 31.2. The molecule has 45 heteroatoms. The van der Waals surface area contributed by atoms with Crippen LogP contribution in [0.15, 0.2) is 54.6 Å². The molecule has 0 saturated carbocycles. The van der Waals surface area contributed by atoms with Gasteiger partial charge in [-0.15, -0.1) is 0 Å². The van der Waals surface area contributed by atoms with Crippen LogP contribution in [0.25, 0.3) is 0 Å². The number of phenols is 1. The lowest BCUT2D eigenvalue weighted by molar-refractivity contribution is -0.143. The number of hydrogen-bond acceptors (Lipinski definition) is 25. The number of unbranched alkanes of at least 4 members (excludes halogenated alkanes) is 1. The summed E-state index contributed by atoms with van der Waals surface area (Å²) in [6.07, 6.45) is -3.53. The zero-order chi connectivity index (χ0) is 93.4. The average Bonchev–Trinajstić information content (AvgIpc) is 1.68. The van der Waals surface area contributed by atoms with Crippen molar-refractivity contribution in [1.82, 2.24) is 79.3 Å². The van der Waals surface area contributed by atoms with E-state index >= 15 is 0 Å². The van der Waals surface area contributed by atoms with E-state index in [9.17, 15) is 112 Å². The van der Waals surface area contributed by atoms with Gasteiger partial charge in [-0.1, -0.05) is 90.4 Å². The lowest BCUT2D eigenvalue weighted by atomic mass is 9.96. The molecule has 2 aromatic carbocycles. The van der Waals surface area contributed by atoms with Gasteiger partial charge in [0.1, 0.15) is 90.3 Å². The highest BCUT2D eigenvalue weighted by Gasteiger charge is 2.43. The van der Waals surface area contributed by atoms with E-state index in [2.05, 4.69) is 69.1 Å². The van der Waals surface area contributed by atoms with Crippen LogP contribution in [-0.2, 0) is 99.1 Å². The molecule has 45 nitrogen and oxygen atoms in total. The van der Waals surface area contributed by atoms with E-state index in [0.717, 1.165) is 11.8 Å². The molecule has 3 rings (SSSR count). The summed E-state index contributed by atoms with van der Waals surface area (Å²) in [5.41, 5.74) is 34.2. The summed E-state index contributed by atoms with van der Waals surface area (Å²) in [5.74, 6) is -20.9. The van der Waals surface area contributed by atoms with E-state index < -0.39 is 241 Å². The Morgan fingerprint density at radius 1 is 0.484 bits per heavy atom. The van der Waals surface area contributed by atoms with Gasteiger partial charge in [0.25, 0.3) is 0 Å². The second-order valence-electron chi connectivity index (χ2n) is 31.2. The number of phenolic OH excluding ortho intramolecular Hbond substituents is 1. The summed E-state index contributed by atoms with van der Waals surface area (Å²) >= 11 is 0. The third-order valence-corrected chi connectivity index (χ3v) is 20.1. The van der Waals surface area contributed by atoms with Crippen LogP contribution >= 0.6 is 0 Å².